The molecule has 0 heterocycles. The van der Waals surface area contributed by atoms with Crippen LogP contribution in [0.25, 0.3) is 11.1 Å². The van der Waals surface area contributed by atoms with Crippen molar-refractivity contribution >= 4 is 0 Å². The number of nitrogens with zero attached hydrogens (tertiary/aromatic N) is 1. The second-order valence-electron chi connectivity index (χ2n) is 5.36. The molecular formula is C22H14FNO. The Morgan fingerprint density at radius 3 is 1.88 bits per heavy atom. The summed E-state index contributed by atoms with van der Waals surface area (Å²) in [6, 6.07) is 21.5. The van der Waals surface area contributed by atoms with Gasteiger partial charge in [-0.15, -0.1) is 0 Å². The van der Waals surface area contributed by atoms with E-state index in [2.05, 4.69) is 11.8 Å². The molecule has 0 aromatic heterocycles. The Bertz CT molecular complexity index is 987. The lowest BCUT2D eigenvalue weighted by Gasteiger charge is -2.03. The van der Waals surface area contributed by atoms with E-state index < -0.39 is 5.82 Å². The van der Waals surface area contributed by atoms with Gasteiger partial charge in [-0.2, -0.15) is 5.26 Å². The summed E-state index contributed by atoms with van der Waals surface area (Å²) in [5.41, 5.74) is 3.42. The van der Waals surface area contributed by atoms with E-state index in [1.165, 1.54) is 12.1 Å². The van der Waals surface area contributed by atoms with Crippen molar-refractivity contribution in [1.29, 1.82) is 5.26 Å². The second kappa shape index (κ2) is 7.34. The molecule has 0 aliphatic heterocycles. The molecule has 3 aromatic rings. The van der Waals surface area contributed by atoms with Gasteiger partial charge < -0.3 is 4.74 Å². The predicted octanol–water partition coefficient (Wildman–Crippen LogP) is 4.77. The van der Waals surface area contributed by atoms with Crippen molar-refractivity contribution in [1.82, 2.24) is 0 Å². The zero-order valence-electron chi connectivity index (χ0n) is 13.6. The SMILES string of the molecule is COc1ccc(C#Cc2ccc(-c3ccc(C#N)c(F)c3)cc2)cc1. The fourth-order valence-corrected chi connectivity index (χ4v) is 2.35. The minimum Gasteiger partial charge on any atom is -0.497 e. The van der Waals surface area contributed by atoms with Crippen molar-refractivity contribution in [3.8, 4) is 34.8 Å². The van der Waals surface area contributed by atoms with Crippen molar-refractivity contribution in [3.05, 3.63) is 89.2 Å². The maximum absolute atomic E-state index is 13.7. The highest BCUT2D eigenvalue weighted by Gasteiger charge is 2.04. The van der Waals surface area contributed by atoms with Crippen molar-refractivity contribution in [2.45, 2.75) is 0 Å². The molecule has 3 aromatic carbocycles. The Kier molecular flexibility index (Phi) is 4.79. The molecule has 0 amide bonds. The quantitative estimate of drug-likeness (QED) is 0.635. The molecule has 0 atom stereocenters. The van der Waals surface area contributed by atoms with Gasteiger partial charge in [0.1, 0.15) is 17.6 Å². The molecule has 2 nitrogen and oxygen atoms in total. The van der Waals surface area contributed by atoms with Crippen LogP contribution in [0.15, 0.2) is 66.7 Å². The summed E-state index contributed by atoms with van der Waals surface area (Å²) in [7, 11) is 1.63. The summed E-state index contributed by atoms with van der Waals surface area (Å²) in [6.45, 7) is 0. The average Bonchev–Trinajstić information content (AvgIpc) is 2.67. The zero-order valence-corrected chi connectivity index (χ0v) is 13.6. The smallest absolute Gasteiger partial charge is 0.141 e. The topological polar surface area (TPSA) is 33.0 Å². The van der Waals surface area contributed by atoms with Crippen LogP contribution >= 0.6 is 0 Å². The molecular weight excluding hydrogens is 313 g/mol. The maximum atomic E-state index is 13.7. The lowest BCUT2D eigenvalue weighted by Crippen LogP contribution is -1.86. The predicted molar refractivity (Wildman–Crippen MR) is 95.5 cm³/mol. The van der Waals surface area contributed by atoms with Crippen LogP contribution in [0.5, 0.6) is 5.75 Å². The number of nitriles is 1. The molecule has 0 aliphatic rings. The van der Waals surface area contributed by atoms with E-state index in [1.54, 1.807) is 13.2 Å². The van der Waals surface area contributed by atoms with E-state index in [1.807, 2.05) is 54.6 Å². The Morgan fingerprint density at radius 2 is 1.36 bits per heavy atom. The summed E-state index contributed by atoms with van der Waals surface area (Å²) >= 11 is 0. The molecule has 25 heavy (non-hydrogen) atoms. The van der Waals surface area contributed by atoms with Crippen LogP contribution in [0.4, 0.5) is 4.39 Å². The molecule has 0 saturated carbocycles. The Hall–Kier alpha value is -3.56. The fraction of sp³-hybridized carbons (Fsp3) is 0.0455. The van der Waals surface area contributed by atoms with Crippen LogP contribution in [-0.4, -0.2) is 7.11 Å². The third-order valence-electron chi connectivity index (χ3n) is 3.75. The molecule has 120 valence electrons. The lowest BCUT2D eigenvalue weighted by molar-refractivity contribution is 0.415. The zero-order chi connectivity index (χ0) is 17.6. The van der Waals surface area contributed by atoms with Gasteiger partial charge in [0.05, 0.1) is 12.7 Å². The summed E-state index contributed by atoms with van der Waals surface area (Å²) in [4.78, 5) is 0. The second-order valence-corrected chi connectivity index (χ2v) is 5.36. The van der Waals surface area contributed by atoms with Gasteiger partial charge in [-0.3, -0.25) is 0 Å². The summed E-state index contributed by atoms with van der Waals surface area (Å²) in [5.74, 6) is 6.48. The molecule has 0 aliphatic carbocycles. The van der Waals surface area contributed by atoms with E-state index in [0.29, 0.717) is 0 Å². The first kappa shape index (κ1) is 16.3. The number of ether oxygens (including phenoxy) is 1. The van der Waals surface area contributed by atoms with E-state index >= 15 is 0 Å². The third-order valence-corrected chi connectivity index (χ3v) is 3.75. The van der Waals surface area contributed by atoms with Gasteiger partial charge >= 0.3 is 0 Å². The highest BCUT2D eigenvalue weighted by atomic mass is 19.1. The molecule has 0 bridgehead atoms. The first-order valence-corrected chi connectivity index (χ1v) is 7.66. The standard InChI is InChI=1S/C22H14FNO/c1-25-21-12-6-17(7-13-21)3-2-16-4-8-18(9-5-16)19-10-11-20(15-24)22(23)14-19/h4-14H,1H3. The van der Waals surface area contributed by atoms with E-state index in [4.69, 9.17) is 10.00 Å². The Balaban J connectivity index is 1.80. The summed E-state index contributed by atoms with van der Waals surface area (Å²) in [6.07, 6.45) is 0. The summed E-state index contributed by atoms with van der Waals surface area (Å²) in [5, 5.41) is 8.79. The molecule has 0 saturated heterocycles. The highest BCUT2D eigenvalue weighted by Crippen LogP contribution is 2.22. The number of hydrogen-bond donors (Lipinski definition) is 0. The first-order chi connectivity index (χ1) is 12.2. The van der Waals surface area contributed by atoms with Gasteiger partial charge in [0.2, 0.25) is 0 Å². The minimum atomic E-state index is -0.511. The number of halogens is 1. The maximum Gasteiger partial charge on any atom is 0.141 e. The van der Waals surface area contributed by atoms with E-state index in [-0.39, 0.29) is 5.56 Å². The molecule has 0 N–H and O–H groups in total. The third kappa shape index (κ3) is 3.86. The largest absolute Gasteiger partial charge is 0.497 e. The van der Waals surface area contributed by atoms with Crippen LogP contribution < -0.4 is 4.74 Å². The van der Waals surface area contributed by atoms with Gasteiger partial charge in [-0.25, -0.2) is 4.39 Å². The molecule has 3 rings (SSSR count). The van der Waals surface area contributed by atoms with Crippen molar-refractivity contribution < 1.29 is 9.13 Å². The van der Waals surface area contributed by atoms with Crippen LogP contribution in [0.2, 0.25) is 0 Å². The van der Waals surface area contributed by atoms with Crippen LogP contribution in [0.3, 0.4) is 0 Å². The number of rotatable bonds is 2. The van der Waals surface area contributed by atoms with Crippen molar-refractivity contribution in [2.75, 3.05) is 7.11 Å². The van der Waals surface area contributed by atoms with Gasteiger partial charge in [0, 0.05) is 11.1 Å². The lowest BCUT2D eigenvalue weighted by atomic mass is 10.0. The summed E-state index contributed by atoms with van der Waals surface area (Å²) < 4.78 is 18.8. The Labute approximate surface area is 146 Å². The molecule has 0 fully saturated rings. The van der Waals surface area contributed by atoms with Gasteiger partial charge in [0.25, 0.3) is 0 Å². The van der Waals surface area contributed by atoms with Gasteiger partial charge in [-0.05, 0) is 59.7 Å². The minimum absolute atomic E-state index is 0.0470. The van der Waals surface area contributed by atoms with Gasteiger partial charge in [-0.1, -0.05) is 30.0 Å². The highest BCUT2D eigenvalue weighted by molar-refractivity contribution is 5.65. The normalized spacial score (nSPS) is 9.64. The van der Waals surface area contributed by atoms with Crippen molar-refractivity contribution in [2.24, 2.45) is 0 Å². The molecule has 0 spiro atoms. The van der Waals surface area contributed by atoms with Crippen molar-refractivity contribution in [3.63, 3.8) is 0 Å². The number of hydrogen-bond acceptors (Lipinski definition) is 2. The molecule has 3 heteroatoms. The number of methoxy groups -OCH3 is 1. The monoisotopic (exact) mass is 327 g/mol. The molecule has 0 radical (unpaired) electrons. The number of benzene rings is 3. The fourth-order valence-electron chi connectivity index (χ4n) is 2.35. The van der Waals surface area contributed by atoms with E-state index in [0.717, 1.165) is 28.0 Å². The average molecular weight is 327 g/mol. The van der Waals surface area contributed by atoms with Gasteiger partial charge in [0.15, 0.2) is 0 Å². The Morgan fingerprint density at radius 1 is 0.800 bits per heavy atom. The first-order valence-electron chi connectivity index (χ1n) is 7.66. The van der Waals surface area contributed by atoms with Crippen LogP contribution in [0.1, 0.15) is 16.7 Å². The van der Waals surface area contributed by atoms with Crippen LogP contribution in [0, 0.1) is 29.0 Å². The van der Waals surface area contributed by atoms with E-state index in [9.17, 15) is 4.39 Å². The van der Waals surface area contributed by atoms with Crippen LogP contribution in [-0.2, 0) is 0 Å². The molecule has 0 unspecified atom stereocenters.